The number of hydrogen-bond donors (Lipinski definition) is 1. The molecule has 0 aromatic heterocycles. The van der Waals surface area contributed by atoms with Gasteiger partial charge in [-0.05, 0) is 12.0 Å². The Hall–Kier alpha value is -2.19. The Morgan fingerprint density at radius 1 is 1.48 bits per heavy atom. The smallest absolute Gasteiger partial charge is 0.310 e. The summed E-state index contributed by atoms with van der Waals surface area (Å²) in [5, 5.41) is 13.7. The number of rotatable bonds is 8. The molecule has 8 heteroatoms. The highest BCUT2D eigenvalue weighted by molar-refractivity contribution is 5.77. The third kappa shape index (κ3) is 6.32. The lowest BCUT2D eigenvalue weighted by atomic mass is 10.2. The van der Waals surface area contributed by atoms with Crippen LogP contribution in [0.5, 0.6) is 5.75 Å². The van der Waals surface area contributed by atoms with Gasteiger partial charge in [-0.15, -0.1) is 0 Å². The van der Waals surface area contributed by atoms with Crippen molar-refractivity contribution in [1.29, 1.82) is 0 Å². The van der Waals surface area contributed by atoms with Crippen molar-refractivity contribution >= 4 is 11.6 Å². The van der Waals surface area contributed by atoms with Gasteiger partial charge in [-0.25, -0.2) is 0 Å². The van der Waals surface area contributed by atoms with Gasteiger partial charge in [0.2, 0.25) is 0 Å². The molecule has 1 amide bonds. The molecule has 1 unspecified atom stereocenters. The Morgan fingerprint density at radius 3 is 2.96 bits per heavy atom. The highest BCUT2D eigenvalue weighted by Gasteiger charge is 2.21. The lowest BCUT2D eigenvalue weighted by Gasteiger charge is -2.33. The van der Waals surface area contributed by atoms with E-state index in [9.17, 15) is 14.9 Å². The summed E-state index contributed by atoms with van der Waals surface area (Å²) in [6, 6.07) is 5.99. The zero-order valence-corrected chi connectivity index (χ0v) is 14.6. The molecule has 1 aromatic rings. The normalized spacial score (nSPS) is 18.1. The Bertz CT molecular complexity index is 593. The van der Waals surface area contributed by atoms with E-state index in [0.29, 0.717) is 19.1 Å². The van der Waals surface area contributed by atoms with Gasteiger partial charge in [-0.1, -0.05) is 26.0 Å². The molecule has 1 N–H and O–H groups in total. The number of amides is 1. The molecule has 1 heterocycles. The van der Waals surface area contributed by atoms with Crippen molar-refractivity contribution in [2.24, 2.45) is 5.92 Å². The SMILES string of the molecule is CC(C)CN1CCOC(CNC(=O)COc2ccccc2[N+](=O)[O-])C1. The third-order valence-corrected chi connectivity index (χ3v) is 3.79. The molecule has 25 heavy (non-hydrogen) atoms. The van der Waals surface area contributed by atoms with Gasteiger partial charge in [-0.2, -0.15) is 0 Å². The monoisotopic (exact) mass is 351 g/mol. The maximum atomic E-state index is 11.9. The van der Waals surface area contributed by atoms with E-state index in [2.05, 4.69) is 24.1 Å². The molecule has 1 aliphatic heterocycles. The number of ether oxygens (including phenoxy) is 2. The molecule has 2 rings (SSSR count). The molecular formula is C17H25N3O5. The minimum Gasteiger partial charge on any atom is -0.477 e. The van der Waals surface area contributed by atoms with Crippen molar-refractivity contribution < 1.29 is 19.2 Å². The predicted octanol–water partition coefficient (Wildman–Crippen LogP) is 1.45. The van der Waals surface area contributed by atoms with Crippen LogP contribution in [0.3, 0.4) is 0 Å². The number of morpholine rings is 1. The van der Waals surface area contributed by atoms with Gasteiger partial charge in [0.1, 0.15) is 0 Å². The lowest BCUT2D eigenvalue weighted by Crippen LogP contribution is -2.48. The molecule has 1 atom stereocenters. The topological polar surface area (TPSA) is 93.9 Å². The standard InChI is InChI=1S/C17H25N3O5/c1-13(2)10-19-7-8-24-14(11-19)9-18-17(21)12-25-16-6-4-3-5-15(16)20(22)23/h3-6,13-14H,7-12H2,1-2H3,(H,18,21). The zero-order valence-electron chi connectivity index (χ0n) is 14.6. The highest BCUT2D eigenvalue weighted by atomic mass is 16.6. The number of nitro benzene ring substituents is 1. The number of nitrogens with one attached hydrogen (secondary N) is 1. The number of nitro groups is 1. The van der Waals surface area contributed by atoms with Crippen molar-refractivity contribution in [2.45, 2.75) is 20.0 Å². The highest BCUT2D eigenvalue weighted by Crippen LogP contribution is 2.25. The van der Waals surface area contributed by atoms with Crippen LogP contribution in [0.4, 0.5) is 5.69 Å². The van der Waals surface area contributed by atoms with Gasteiger partial charge in [-0.3, -0.25) is 19.8 Å². The summed E-state index contributed by atoms with van der Waals surface area (Å²) in [7, 11) is 0. The Kier molecular flexibility index (Phi) is 7.15. The summed E-state index contributed by atoms with van der Waals surface area (Å²) in [4.78, 5) is 24.6. The molecular weight excluding hydrogens is 326 g/mol. The number of para-hydroxylation sites is 2. The van der Waals surface area contributed by atoms with E-state index in [-0.39, 0.29) is 30.1 Å². The molecule has 1 aromatic carbocycles. The van der Waals surface area contributed by atoms with E-state index in [0.717, 1.165) is 19.6 Å². The van der Waals surface area contributed by atoms with Crippen LogP contribution in [0.25, 0.3) is 0 Å². The van der Waals surface area contributed by atoms with Gasteiger partial charge >= 0.3 is 5.69 Å². The first-order valence-electron chi connectivity index (χ1n) is 8.42. The molecule has 1 aliphatic rings. The second-order valence-corrected chi connectivity index (χ2v) is 6.46. The number of benzene rings is 1. The van der Waals surface area contributed by atoms with Crippen LogP contribution >= 0.6 is 0 Å². The van der Waals surface area contributed by atoms with Crippen molar-refractivity contribution in [2.75, 3.05) is 39.4 Å². The first-order chi connectivity index (χ1) is 12.0. The average Bonchev–Trinajstić information content (AvgIpc) is 2.58. The van der Waals surface area contributed by atoms with Gasteiger partial charge in [0.25, 0.3) is 5.91 Å². The summed E-state index contributed by atoms with van der Waals surface area (Å²) < 4.78 is 10.9. The van der Waals surface area contributed by atoms with Crippen LogP contribution in [0.2, 0.25) is 0 Å². The minimum atomic E-state index is -0.535. The Balaban J connectivity index is 1.75. The fourth-order valence-electron chi connectivity index (χ4n) is 2.74. The van der Waals surface area contributed by atoms with E-state index in [4.69, 9.17) is 9.47 Å². The first kappa shape index (κ1) is 19.1. The fraction of sp³-hybridized carbons (Fsp3) is 0.588. The second kappa shape index (κ2) is 9.33. The van der Waals surface area contributed by atoms with E-state index < -0.39 is 4.92 Å². The molecule has 1 saturated heterocycles. The van der Waals surface area contributed by atoms with Crippen molar-refractivity contribution in [3.8, 4) is 5.75 Å². The molecule has 0 radical (unpaired) electrons. The third-order valence-electron chi connectivity index (χ3n) is 3.79. The minimum absolute atomic E-state index is 0.0532. The van der Waals surface area contributed by atoms with E-state index >= 15 is 0 Å². The molecule has 8 nitrogen and oxygen atoms in total. The fourth-order valence-corrected chi connectivity index (χ4v) is 2.74. The first-order valence-corrected chi connectivity index (χ1v) is 8.42. The van der Waals surface area contributed by atoms with Gasteiger partial charge in [0.15, 0.2) is 12.4 Å². The van der Waals surface area contributed by atoms with Crippen LogP contribution in [-0.4, -0.2) is 61.2 Å². The van der Waals surface area contributed by atoms with Crippen molar-refractivity contribution in [1.82, 2.24) is 10.2 Å². The van der Waals surface area contributed by atoms with E-state index in [1.807, 2.05) is 0 Å². The molecule has 0 spiro atoms. The van der Waals surface area contributed by atoms with Crippen LogP contribution in [0, 0.1) is 16.0 Å². The van der Waals surface area contributed by atoms with Gasteiger partial charge in [0, 0.05) is 32.2 Å². The molecule has 1 fully saturated rings. The summed E-state index contributed by atoms with van der Waals surface area (Å²) in [5.74, 6) is 0.339. The maximum absolute atomic E-state index is 11.9. The summed E-state index contributed by atoms with van der Waals surface area (Å²) >= 11 is 0. The van der Waals surface area contributed by atoms with Crippen LogP contribution < -0.4 is 10.1 Å². The largest absolute Gasteiger partial charge is 0.477 e. The lowest BCUT2D eigenvalue weighted by molar-refractivity contribution is -0.385. The van der Waals surface area contributed by atoms with Gasteiger partial charge < -0.3 is 14.8 Å². The summed E-state index contributed by atoms with van der Waals surface area (Å²) in [6.45, 7) is 7.82. The molecule has 0 aliphatic carbocycles. The number of carbonyl (C=O) groups is 1. The predicted molar refractivity (Wildman–Crippen MR) is 92.6 cm³/mol. The van der Waals surface area contributed by atoms with Crippen LogP contribution in [0.15, 0.2) is 24.3 Å². The van der Waals surface area contributed by atoms with Gasteiger partial charge in [0.05, 0.1) is 17.6 Å². The van der Waals surface area contributed by atoms with Crippen molar-refractivity contribution in [3.05, 3.63) is 34.4 Å². The second-order valence-electron chi connectivity index (χ2n) is 6.46. The summed E-state index contributed by atoms with van der Waals surface area (Å²) in [5.41, 5.74) is -0.157. The van der Waals surface area contributed by atoms with Crippen molar-refractivity contribution in [3.63, 3.8) is 0 Å². The number of nitrogens with zero attached hydrogens (tertiary/aromatic N) is 2. The summed E-state index contributed by atoms with van der Waals surface area (Å²) in [6.07, 6.45) is -0.0532. The zero-order chi connectivity index (χ0) is 18.2. The van der Waals surface area contributed by atoms with E-state index in [1.165, 1.54) is 12.1 Å². The number of carbonyl (C=O) groups excluding carboxylic acids is 1. The molecule has 0 saturated carbocycles. The molecule has 138 valence electrons. The van der Waals surface area contributed by atoms with E-state index in [1.54, 1.807) is 12.1 Å². The maximum Gasteiger partial charge on any atom is 0.310 e. The van der Waals surface area contributed by atoms with Crippen LogP contribution in [0.1, 0.15) is 13.8 Å². The molecule has 0 bridgehead atoms. The van der Waals surface area contributed by atoms with Crippen LogP contribution in [-0.2, 0) is 9.53 Å². The Morgan fingerprint density at radius 2 is 2.24 bits per heavy atom. The Labute approximate surface area is 147 Å². The quantitative estimate of drug-likeness (QED) is 0.563. The average molecular weight is 351 g/mol. The number of hydrogen-bond acceptors (Lipinski definition) is 6.